The second-order valence-electron chi connectivity index (χ2n) is 11.6. The molecule has 0 aromatic rings. The van der Waals surface area contributed by atoms with Crippen LogP contribution in [0, 0.1) is 34.5 Å². The van der Waals surface area contributed by atoms with Gasteiger partial charge in [-0.15, -0.1) is 11.8 Å². The lowest BCUT2D eigenvalue weighted by molar-refractivity contribution is -0.120. The molecule has 3 saturated carbocycles. The first kappa shape index (κ1) is 22.7. The van der Waals surface area contributed by atoms with Crippen LogP contribution in [0.5, 0.6) is 0 Å². The average molecular weight is 433 g/mol. The lowest BCUT2D eigenvalue weighted by Gasteiger charge is -2.60. The van der Waals surface area contributed by atoms with Crippen molar-refractivity contribution in [2.75, 3.05) is 19.3 Å². The van der Waals surface area contributed by atoms with Gasteiger partial charge < -0.3 is 5.32 Å². The number of amides is 1. The topological polar surface area (TPSA) is 32.3 Å². The zero-order valence-electron chi connectivity index (χ0n) is 20.1. The van der Waals surface area contributed by atoms with Gasteiger partial charge in [0.2, 0.25) is 5.91 Å². The zero-order valence-corrected chi connectivity index (χ0v) is 20.9. The van der Waals surface area contributed by atoms with Crippen molar-refractivity contribution < 1.29 is 4.79 Å². The van der Waals surface area contributed by atoms with Crippen molar-refractivity contribution in [2.24, 2.45) is 34.5 Å². The van der Waals surface area contributed by atoms with Crippen LogP contribution in [0.25, 0.3) is 0 Å². The highest BCUT2D eigenvalue weighted by molar-refractivity contribution is 8.00. The summed E-state index contributed by atoms with van der Waals surface area (Å²) < 4.78 is 0. The van der Waals surface area contributed by atoms with E-state index in [1.165, 1.54) is 38.5 Å². The van der Waals surface area contributed by atoms with E-state index in [1.54, 1.807) is 11.8 Å². The van der Waals surface area contributed by atoms with Crippen LogP contribution in [-0.2, 0) is 4.79 Å². The van der Waals surface area contributed by atoms with Crippen LogP contribution in [0.2, 0.25) is 0 Å². The Hall–Kier alpha value is -0.480. The third-order valence-corrected chi connectivity index (χ3v) is 10.8. The van der Waals surface area contributed by atoms with Crippen LogP contribution in [0.15, 0.2) is 12.2 Å². The third kappa shape index (κ3) is 3.78. The maximum absolute atomic E-state index is 12.5. The molecule has 4 rings (SSSR count). The number of nitrogens with one attached hydrogen (secondary N) is 1. The normalized spacial score (nSPS) is 44.3. The summed E-state index contributed by atoms with van der Waals surface area (Å²) in [6.45, 7) is 12.9. The van der Waals surface area contributed by atoms with Gasteiger partial charge in [-0.25, -0.2) is 0 Å². The van der Waals surface area contributed by atoms with Crippen molar-refractivity contribution in [1.29, 1.82) is 0 Å². The highest BCUT2D eigenvalue weighted by Crippen LogP contribution is 2.65. The SMILES string of the molecule is CC(C)SCC(=O)NC(C)[C@H]1CC[C@H]2[C@@H]3CC[C@H]4N(C)CC=C[C@]4(C)[C@H]3CC[C@]12C. The number of likely N-dealkylation sites (N-methyl/N-ethyl adjacent to an activating group) is 1. The van der Waals surface area contributed by atoms with Gasteiger partial charge in [0.05, 0.1) is 5.75 Å². The van der Waals surface area contributed by atoms with Crippen LogP contribution in [0.4, 0.5) is 0 Å². The maximum atomic E-state index is 12.5. The smallest absolute Gasteiger partial charge is 0.230 e. The van der Waals surface area contributed by atoms with Gasteiger partial charge in [-0.1, -0.05) is 39.8 Å². The average Bonchev–Trinajstić information content (AvgIpc) is 3.03. The molecule has 30 heavy (non-hydrogen) atoms. The molecule has 0 saturated heterocycles. The van der Waals surface area contributed by atoms with Gasteiger partial charge in [-0.2, -0.15) is 0 Å². The fourth-order valence-electron chi connectivity index (χ4n) is 8.40. The molecule has 3 fully saturated rings. The Labute approximate surface area is 189 Å². The number of carbonyl (C=O) groups excluding carboxylic acids is 1. The lowest BCUT2D eigenvalue weighted by Crippen LogP contribution is -2.59. The highest BCUT2D eigenvalue weighted by atomic mass is 32.2. The van der Waals surface area contributed by atoms with Crippen molar-refractivity contribution in [2.45, 2.75) is 90.5 Å². The Balaban J connectivity index is 1.47. The molecule has 8 atom stereocenters. The number of hydrogen-bond donors (Lipinski definition) is 1. The fraction of sp³-hybridized carbons (Fsp3) is 0.885. The standard InChI is InChI=1S/C26H44N2OS/c1-17(2)30-16-24(29)27-18(3)20-9-10-21-19-8-11-23-26(5,13-7-15-28(23)6)22(19)12-14-25(20,21)4/h7,13,17-23H,8-12,14-16H2,1-6H3,(H,27,29)/t18?,19-,20+,21-,22-,23+,25+,26+/m0/s1. The van der Waals surface area contributed by atoms with Crippen molar-refractivity contribution in [3.05, 3.63) is 12.2 Å². The minimum Gasteiger partial charge on any atom is -0.353 e. The molecule has 3 aliphatic carbocycles. The fourth-order valence-corrected chi connectivity index (χ4v) is 8.97. The molecular formula is C26H44N2OS. The molecule has 4 aliphatic rings. The van der Waals surface area contributed by atoms with Gasteiger partial charge in [0.25, 0.3) is 0 Å². The molecule has 0 aromatic heterocycles. The van der Waals surface area contributed by atoms with Crippen LogP contribution >= 0.6 is 11.8 Å². The lowest BCUT2D eigenvalue weighted by atomic mass is 9.47. The summed E-state index contributed by atoms with van der Waals surface area (Å²) in [7, 11) is 2.33. The van der Waals surface area contributed by atoms with E-state index in [-0.39, 0.29) is 5.91 Å². The van der Waals surface area contributed by atoms with E-state index in [9.17, 15) is 4.79 Å². The minimum atomic E-state index is 0.227. The van der Waals surface area contributed by atoms with Gasteiger partial charge >= 0.3 is 0 Å². The summed E-state index contributed by atoms with van der Waals surface area (Å²) in [5, 5.41) is 3.90. The molecule has 1 heterocycles. The third-order valence-electron chi connectivity index (χ3n) is 9.74. The van der Waals surface area contributed by atoms with Crippen LogP contribution < -0.4 is 5.32 Å². The van der Waals surface area contributed by atoms with E-state index in [0.29, 0.717) is 33.8 Å². The Bertz CT molecular complexity index is 678. The van der Waals surface area contributed by atoms with Gasteiger partial charge in [-0.3, -0.25) is 9.69 Å². The van der Waals surface area contributed by atoms with E-state index in [4.69, 9.17) is 0 Å². The van der Waals surface area contributed by atoms with Crippen molar-refractivity contribution >= 4 is 17.7 Å². The number of fused-ring (bicyclic) bond motifs is 5. The first-order valence-corrected chi connectivity index (χ1v) is 13.5. The van der Waals surface area contributed by atoms with E-state index < -0.39 is 0 Å². The summed E-state index contributed by atoms with van der Waals surface area (Å²) in [6, 6.07) is 1.02. The quantitative estimate of drug-likeness (QED) is 0.593. The molecule has 0 bridgehead atoms. The zero-order chi connectivity index (χ0) is 21.7. The van der Waals surface area contributed by atoms with Crippen molar-refractivity contribution in [3.63, 3.8) is 0 Å². The molecule has 1 unspecified atom stereocenters. The number of nitrogens with zero attached hydrogens (tertiary/aromatic N) is 1. The summed E-state index contributed by atoms with van der Waals surface area (Å²) >= 11 is 1.75. The Morgan fingerprint density at radius 2 is 1.90 bits per heavy atom. The second-order valence-corrected chi connectivity index (χ2v) is 13.2. The predicted molar refractivity (Wildman–Crippen MR) is 129 cm³/mol. The summed E-state index contributed by atoms with van der Waals surface area (Å²) in [5.41, 5.74) is 0.746. The molecule has 3 nitrogen and oxygen atoms in total. The molecule has 0 aromatic carbocycles. The minimum absolute atomic E-state index is 0.227. The number of thioether (sulfide) groups is 1. The van der Waals surface area contributed by atoms with Gasteiger partial charge in [-0.05, 0) is 86.8 Å². The Morgan fingerprint density at radius 3 is 2.63 bits per heavy atom. The van der Waals surface area contributed by atoms with Crippen LogP contribution in [0.3, 0.4) is 0 Å². The summed E-state index contributed by atoms with van der Waals surface area (Å²) in [4.78, 5) is 15.1. The largest absolute Gasteiger partial charge is 0.353 e. The Kier molecular flexibility index (Phi) is 6.40. The molecule has 1 aliphatic heterocycles. The first-order chi connectivity index (χ1) is 14.2. The molecule has 1 amide bonds. The van der Waals surface area contributed by atoms with Crippen LogP contribution in [-0.4, -0.2) is 47.5 Å². The maximum Gasteiger partial charge on any atom is 0.230 e. The number of hydrogen-bond acceptors (Lipinski definition) is 3. The monoisotopic (exact) mass is 432 g/mol. The van der Waals surface area contributed by atoms with Gasteiger partial charge in [0.1, 0.15) is 0 Å². The highest BCUT2D eigenvalue weighted by Gasteiger charge is 2.60. The van der Waals surface area contributed by atoms with E-state index in [0.717, 1.165) is 30.3 Å². The van der Waals surface area contributed by atoms with E-state index >= 15 is 0 Å². The molecule has 0 spiro atoms. The molecule has 0 radical (unpaired) electrons. The van der Waals surface area contributed by atoms with Crippen LogP contribution in [0.1, 0.15) is 73.1 Å². The molecule has 1 N–H and O–H groups in total. The molecular weight excluding hydrogens is 388 g/mol. The first-order valence-electron chi connectivity index (χ1n) is 12.5. The summed E-state index contributed by atoms with van der Waals surface area (Å²) in [6.07, 6.45) is 13.1. The van der Waals surface area contributed by atoms with Gasteiger partial charge in [0, 0.05) is 24.0 Å². The number of rotatable bonds is 5. The van der Waals surface area contributed by atoms with E-state index in [1.807, 2.05) is 0 Å². The Morgan fingerprint density at radius 1 is 1.13 bits per heavy atom. The summed E-state index contributed by atoms with van der Waals surface area (Å²) in [5.74, 6) is 3.99. The molecule has 170 valence electrons. The van der Waals surface area contributed by atoms with Crippen molar-refractivity contribution in [1.82, 2.24) is 10.2 Å². The van der Waals surface area contributed by atoms with Crippen molar-refractivity contribution in [3.8, 4) is 0 Å². The predicted octanol–water partition coefficient (Wildman–Crippen LogP) is 5.36. The number of carbonyl (C=O) groups is 1. The van der Waals surface area contributed by atoms with E-state index in [2.05, 4.69) is 64.0 Å². The van der Waals surface area contributed by atoms with Gasteiger partial charge in [0.15, 0.2) is 0 Å². The molecule has 4 heteroatoms. The second kappa shape index (κ2) is 8.46.